The molecule has 0 atom stereocenters. The molecule has 21 heavy (non-hydrogen) atoms. The molecule has 0 aromatic heterocycles. The first-order valence-electron chi connectivity index (χ1n) is 7.33. The molecule has 5 nitrogen and oxygen atoms in total. The monoisotopic (exact) mass is 316 g/mol. The van der Waals surface area contributed by atoms with E-state index in [1.807, 2.05) is 0 Å². The minimum Gasteiger partial charge on any atom is -0.547 e. The van der Waals surface area contributed by atoms with E-state index in [4.69, 9.17) is 4.43 Å². The Bertz CT molecular complexity index is 358. The van der Waals surface area contributed by atoms with Crippen LogP contribution in [0.1, 0.15) is 38.5 Å². The van der Waals surface area contributed by atoms with Gasteiger partial charge in [-0.05, 0) is 32.5 Å². The first-order chi connectivity index (χ1) is 9.78. The van der Waals surface area contributed by atoms with Crippen LogP contribution in [0, 0.1) is 0 Å². The molecular formula is C15H28O5Si. The number of ether oxygens (including phenoxy) is 2. The minimum absolute atomic E-state index is 0.164. The van der Waals surface area contributed by atoms with E-state index in [0.717, 1.165) is 32.1 Å². The molecule has 0 aliphatic heterocycles. The van der Waals surface area contributed by atoms with E-state index in [9.17, 15) is 9.59 Å². The Morgan fingerprint density at radius 2 is 1.48 bits per heavy atom. The van der Waals surface area contributed by atoms with Crippen molar-refractivity contribution in [3.05, 3.63) is 11.8 Å². The largest absolute Gasteiger partial charge is 0.547 e. The standard InChI is InChI=1S/C15H28O5Si/c1-18-14(16)11-9-7-6-8-10-13(12-15(17)19-2)20-21(3,4)5/h12H,6-11H2,1-5H3/b13-12-. The van der Waals surface area contributed by atoms with Gasteiger partial charge in [-0.25, -0.2) is 4.79 Å². The van der Waals surface area contributed by atoms with Gasteiger partial charge in [0.15, 0.2) is 0 Å². The number of allylic oxidation sites excluding steroid dienone is 1. The highest BCUT2D eigenvalue weighted by Gasteiger charge is 2.18. The van der Waals surface area contributed by atoms with Crippen molar-refractivity contribution in [3.63, 3.8) is 0 Å². The van der Waals surface area contributed by atoms with Crippen molar-refractivity contribution >= 4 is 20.3 Å². The maximum atomic E-state index is 11.3. The third-order valence-electron chi connectivity index (χ3n) is 2.70. The fraction of sp³-hybridized carbons (Fsp3) is 0.733. The van der Waals surface area contributed by atoms with E-state index < -0.39 is 8.32 Å². The lowest BCUT2D eigenvalue weighted by molar-refractivity contribution is -0.140. The molecule has 0 radical (unpaired) electrons. The summed E-state index contributed by atoms with van der Waals surface area (Å²) in [6.07, 6.45) is 6.33. The summed E-state index contributed by atoms with van der Waals surface area (Å²) in [7, 11) is 1.03. The number of rotatable bonds is 10. The first-order valence-corrected chi connectivity index (χ1v) is 10.7. The zero-order valence-electron chi connectivity index (χ0n) is 13.9. The summed E-state index contributed by atoms with van der Waals surface area (Å²) >= 11 is 0. The quantitative estimate of drug-likeness (QED) is 0.203. The van der Waals surface area contributed by atoms with Gasteiger partial charge in [-0.15, -0.1) is 0 Å². The van der Waals surface area contributed by atoms with Crippen molar-refractivity contribution in [3.8, 4) is 0 Å². The van der Waals surface area contributed by atoms with Crippen LogP contribution < -0.4 is 0 Å². The molecule has 122 valence electrons. The van der Waals surface area contributed by atoms with Gasteiger partial charge in [0.1, 0.15) is 0 Å². The molecule has 6 heteroatoms. The molecular weight excluding hydrogens is 288 g/mol. The molecule has 0 spiro atoms. The maximum absolute atomic E-state index is 11.3. The van der Waals surface area contributed by atoms with Crippen LogP contribution in [0.5, 0.6) is 0 Å². The average molecular weight is 316 g/mol. The van der Waals surface area contributed by atoms with Crippen molar-refractivity contribution in [1.29, 1.82) is 0 Å². The van der Waals surface area contributed by atoms with Crippen LogP contribution in [0.4, 0.5) is 0 Å². The highest BCUT2D eigenvalue weighted by molar-refractivity contribution is 6.70. The van der Waals surface area contributed by atoms with Gasteiger partial charge in [-0.3, -0.25) is 4.79 Å². The summed E-state index contributed by atoms with van der Waals surface area (Å²) in [4.78, 5) is 22.3. The molecule has 0 unspecified atom stereocenters. The van der Waals surface area contributed by atoms with Crippen molar-refractivity contribution in [2.75, 3.05) is 14.2 Å². The summed E-state index contributed by atoms with van der Waals surface area (Å²) < 4.78 is 15.1. The van der Waals surface area contributed by atoms with Crippen LogP contribution in [0.15, 0.2) is 11.8 Å². The van der Waals surface area contributed by atoms with Crippen LogP contribution in [0.2, 0.25) is 19.6 Å². The second-order valence-electron chi connectivity index (χ2n) is 5.84. The Hall–Kier alpha value is -1.30. The van der Waals surface area contributed by atoms with Gasteiger partial charge in [-0.1, -0.05) is 12.8 Å². The Labute approximate surface area is 128 Å². The number of esters is 2. The van der Waals surface area contributed by atoms with Gasteiger partial charge in [0.05, 0.1) is 26.1 Å². The van der Waals surface area contributed by atoms with Gasteiger partial charge in [-0.2, -0.15) is 0 Å². The van der Waals surface area contributed by atoms with Crippen molar-refractivity contribution < 1.29 is 23.5 Å². The predicted octanol–water partition coefficient (Wildman–Crippen LogP) is 3.41. The average Bonchev–Trinajstić information content (AvgIpc) is 2.40. The van der Waals surface area contributed by atoms with Gasteiger partial charge >= 0.3 is 11.9 Å². The molecule has 0 saturated carbocycles. The maximum Gasteiger partial charge on any atom is 0.333 e. The van der Waals surface area contributed by atoms with Gasteiger partial charge in [0, 0.05) is 12.8 Å². The summed E-state index contributed by atoms with van der Waals surface area (Å²) in [6.45, 7) is 6.23. The van der Waals surface area contributed by atoms with Crippen molar-refractivity contribution in [1.82, 2.24) is 0 Å². The van der Waals surface area contributed by atoms with Gasteiger partial charge in [0.2, 0.25) is 8.32 Å². The number of unbranched alkanes of at least 4 members (excludes halogenated alkanes) is 3. The van der Waals surface area contributed by atoms with E-state index >= 15 is 0 Å². The minimum atomic E-state index is -1.73. The Morgan fingerprint density at radius 1 is 0.905 bits per heavy atom. The lowest BCUT2D eigenvalue weighted by atomic mass is 10.1. The molecule has 0 aromatic rings. The van der Waals surface area contributed by atoms with Crippen LogP contribution >= 0.6 is 0 Å². The topological polar surface area (TPSA) is 61.8 Å². The third-order valence-corrected chi connectivity index (χ3v) is 3.57. The number of hydrogen-bond donors (Lipinski definition) is 0. The van der Waals surface area contributed by atoms with Crippen LogP contribution in [0.25, 0.3) is 0 Å². The third kappa shape index (κ3) is 12.2. The normalized spacial score (nSPS) is 12.0. The summed E-state index contributed by atoms with van der Waals surface area (Å²) in [5, 5.41) is 0. The molecule has 0 rings (SSSR count). The smallest absolute Gasteiger partial charge is 0.333 e. The van der Waals surface area contributed by atoms with E-state index in [1.54, 1.807) is 0 Å². The van der Waals surface area contributed by atoms with Crippen molar-refractivity contribution in [2.24, 2.45) is 0 Å². The Balaban J connectivity index is 4.11. The Kier molecular flexibility index (Phi) is 9.78. The second kappa shape index (κ2) is 10.4. The highest BCUT2D eigenvalue weighted by atomic mass is 28.4. The molecule has 0 N–H and O–H groups in total. The van der Waals surface area contributed by atoms with Crippen LogP contribution in [-0.4, -0.2) is 34.5 Å². The molecule has 0 saturated heterocycles. The van der Waals surface area contributed by atoms with E-state index in [-0.39, 0.29) is 11.9 Å². The number of carbonyl (C=O) groups excluding carboxylic acids is 2. The number of carbonyl (C=O) groups is 2. The predicted molar refractivity (Wildman–Crippen MR) is 84.2 cm³/mol. The number of methoxy groups -OCH3 is 2. The molecule has 0 fully saturated rings. The first kappa shape index (κ1) is 19.7. The summed E-state index contributed by atoms with van der Waals surface area (Å²) in [6, 6.07) is 0. The molecule has 0 bridgehead atoms. The van der Waals surface area contributed by atoms with E-state index in [1.165, 1.54) is 20.3 Å². The van der Waals surface area contributed by atoms with Crippen LogP contribution in [0.3, 0.4) is 0 Å². The fourth-order valence-electron chi connectivity index (χ4n) is 1.76. The lowest BCUT2D eigenvalue weighted by Gasteiger charge is -2.21. The zero-order valence-corrected chi connectivity index (χ0v) is 14.9. The molecule has 0 heterocycles. The lowest BCUT2D eigenvalue weighted by Crippen LogP contribution is -2.25. The molecule has 0 aliphatic rings. The zero-order chi connectivity index (χ0) is 16.3. The fourth-order valence-corrected chi connectivity index (χ4v) is 2.71. The van der Waals surface area contributed by atoms with Gasteiger partial charge < -0.3 is 13.9 Å². The molecule has 0 aromatic carbocycles. The summed E-state index contributed by atoms with van der Waals surface area (Å²) in [5.41, 5.74) is 0. The van der Waals surface area contributed by atoms with E-state index in [0.29, 0.717) is 12.2 Å². The number of hydrogen-bond acceptors (Lipinski definition) is 5. The van der Waals surface area contributed by atoms with E-state index in [2.05, 4.69) is 29.1 Å². The molecule has 0 amide bonds. The van der Waals surface area contributed by atoms with Crippen molar-refractivity contribution in [2.45, 2.75) is 58.2 Å². The highest BCUT2D eigenvalue weighted by Crippen LogP contribution is 2.17. The van der Waals surface area contributed by atoms with Crippen LogP contribution in [-0.2, 0) is 23.5 Å². The van der Waals surface area contributed by atoms with Gasteiger partial charge in [0.25, 0.3) is 0 Å². The SMILES string of the molecule is COC(=O)/C=C(/CCCCCCC(=O)OC)O[Si](C)(C)C. The second-order valence-corrected chi connectivity index (χ2v) is 10.3. The Morgan fingerprint density at radius 3 is 1.95 bits per heavy atom. The molecule has 0 aliphatic carbocycles. The summed E-state index contributed by atoms with van der Waals surface area (Å²) in [5.74, 6) is 0.159.